The molecule has 1 aliphatic heterocycles. The van der Waals surface area contributed by atoms with Crippen molar-refractivity contribution < 1.29 is 17.9 Å². The molecule has 0 radical (unpaired) electrons. The van der Waals surface area contributed by atoms with E-state index in [1.54, 1.807) is 24.3 Å². The van der Waals surface area contributed by atoms with Crippen molar-refractivity contribution in [2.75, 3.05) is 24.2 Å². The van der Waals surface area contributed by atoms with E-state index in [4.69, 9.17) is 4.74 Å². The molecule has 23 heavy (non-hydrogen) atoms. The van der Waals surface area contributed by atoms with Gasteiger partial charge in [0.2, 0.25) is 15.9 Å². The van der Waals surface area contributed by atoms with Gasteiger partial charge in [-0.15, -0.1) is 0 Å². The van der Waals surface area contributed by atoms with Gasteiger partial charge in [-0.3, -0.25) is 4.79 Å². The third kappa shape index (κ3) is 4.45. The van der Waals surface area contributed by atoms with Crippen LogP contribution in [0.1, 0.15) is 33.1 Å². The first-order valence-corrected chi connectivity index (χ1v) is 9.62. The summed E-state index contributed by atoms with van der Waals surface area (Å²) < 4.78 is 31.2. The van der Waals surface area contributed by atoms with Crippen molar-refractivity contribution in [3.05, 3.63) is 24.3 Å². The summed E-state index contributed by atoms with van der Waals surface area (Å²) in [6.07, 6.45) is 1.82. The van der Waals surface area contributed by atoms with E-state index in [1.807, 2.05) is 13.8 Å². The molecule has 1 amide bonds. The maximum absolute atomic E-state index is 12.4. The Bertz CT molecular complexity index is 628. The quantitative estimate of drug-likeness (QED) is 0.826. The average Bonchev–Trinajstić information content (AvgIpc) is 3.00. The zero-order valence-corrected chi connectivity index (χ0v) is 14.4. The second kappa shape index (κ2) is 7.79. The van der Waals surface area contributed by atoms with E-state index in [0.717, 1.165) is 5.75 Å². The lowest BCUT2D eigenvalue weighted by atomic mass is 10.2. The summed E-state index contributed by atoms with van der Waals surface area (Å²) in [6, 6.07) is 6.45. The number of sulfonamides is 1. The van der Waals surface area contributed by atoms with Crippen LogP contribution in [0.4, 0.5) is 5.69 Å². The van der Waals surface area contributed by atoms with Crippen LogP contribution in [0.25, 0.3) is 0 Å². The zero-order valence-electron chi connectivity index (χ0n) is 13.6. The molecular weight excluding hydrogens is 316 g/mol. The van der Waals surface area contributed by atoms with Gasteiger partial charge in [0, 0.05) is 12.2 Å². The summed E-state index contributed by atoms with van der Waals surface area (Å²) in [5.41, 5.74) is 0.637. The number of amides is 1. The van der Waals surface area contributed by atoms with Crippen LogP contribution in [0.5, 0.6) is 5.75 Å². The van der Waals surface area contributed by atoms with Crippen LogP contribution in [-0.2, 0) is 14.8 Å². The summed E-state index contributed by atoms with van der Waals surface area (Å²) in [5.74, 6) is 0.546. The smallest absolute Gasteiger partial charge is 0.242 e. The predicted octanol–water partition coefficient (Wildman–Crippen LogP) is 2.23. The lowest BCUT2D eigenvalue weighted by Crippen LogP contribution is -2.44. The van der Waals surface area contributed by atoms with Crippen molar-refractivity contribution in [2.45, 2.75) is 39.2 Å². The standard InChI is InChI=1S/C16H24N2O4S/c1-3-12-23(20,21)18-11-5-6-15(18)16(19)17-13-7-9-14(10-8-13)22-4-2/h7-10,15H,3-6,11-12H2,1-2H3,(H,17,19). The van der Waals surface area contributed by atoms with Crippen molar-refractivity contribution in [2.24, 2.45) is 0 Å². The summed E-state index contributed by atoms with van der Waals surface area (Å²) in [4.78, 5) is 12.4. The molecule has 128 valence electrons. The number of carbonyl (C=O) groups excluding carboxylic acids is 1. The highest BCUT2D eigenvalue weighted by Crippen LogP contribution is 2.24. The largest absolute Gasteiger partial charge is 0.494 e. The van der Waals surface area contributed by atoms with Crippen LogP contribution < -0.4 is 10.1 Å². The van der Waals surface area contributed by atoms with Crippen LogP contribution in [0.3, 0.4) is 0 Å². The van der Waals surface area contributed by atoms with Gasteiger partial charge in [0.05, 0.1) is 12.4 Å². The SMILES string of the molecule is CCCS(=O)(=O)N1CCCC1C(=O)Nc1ccc(OCC)cc1. The minimum atomic E-state index is -3.36. The monoisotopic (exact) mass is 340 g/mol. The van der Waals surface area contributed by atoms with Gasteiger partial charge >= 0.3 is 0 Å². The number of anilines is 1. The van der Waals surface area contributed by atoms with Gasteiger partial charge in [-0.2, -0.15) is 4.31 Å². The molecule has 6 nitrogen and oxygen atoms in total. The Morgan fingerprint density at radius 1 is 1.30 bits per heavy atom. The maximum atomic E-state index is 12.4. The molecule has 1 unspecified atom stereocenters. The van der Waals surface area contributed by atoms with E-state index >= 15 is 0 Å². The third-order valence-corrected chi connectivity index (χ3v) is 5.83. The highest BCUT2D eigenvalue weighted by atomic mass is 32.2. The van der Waals surface area contributed by atoms with E-state index in [9.17, 15) is 13.2 Å². The molecule has 2 rings (SSSR count). The van der Waals surface area contributed by atoms with Gasteiger partial charge in [-0.25, -0.2) is 8.42 Å². The van der Waals surface area contributed by atoms with E-state index in [2.05, 4.69) is 5.32 Å². The van der Waals surface area contributed by atoms with Crippen LogP contribution in [0.2, 0.25) is 0 Å². The topological polar surface area (TPSA) is 75.7 Å². The first-order chi connectivity index (χ1) is 11.0. The molecule has 1 saturated heterocycles. The van der Waals surface area contributed by atoms with E-state index in [-0.39, 0.29) is 11.7 Å². The van der Waals surface area contributed by atoms with Crippen LogP contribution in [0.15, 0.2) is 24.3 Å². The minimum Gasteiger partial charge on any atom is -0.494 e. The van der Waals surface area contributed by atoms with Gasteiger partial charge in [0.25, 0.3) is 0 Å². The Hall–Kier alpha value is -1.60. The summed E-state index contributed by atoms with van der Waals surface area (Å²) in [6.45, 7) is 4.73. The first kappa shape index (κ1) is 17.7. The number of benzene rings is 1. The normalized spacial score (nSPS) is 18.8. The molecule has 0 aliphatic carbocycles. The number of hydrogen-bond acceptors (Lipinski definition) is 4. The zero-order chi connectivity index (χ0) is 16.9. The van der Waals surface area contributed by atoms with Gasteiger partial charge in [-0.1, -0.05) is 6.92 Å². The Balaban J connectivity index is 2.04. The van der Waals surface area contributed by atoms with Gasteiger partial charge in [0.1, 0.15) is 11.8 Å². The van der Waals surface area contributed by atoms with Gasteiger partial charge in [-0.05, 0) is 50.5 Å². The molecule has 0 spiro atoms. The molecule has 1 aromatic carbocycles. The summed E-state index contributed by atoms with van der Waals surface area (Å²) >= 11 is 0. The fourth-order valence-corrected chi connectivity index (χ4v) is 4.48. The number of rotatable bonds is 7. The highest BCUT2D eigenvalue weighted by Gasteiger charge is 2.37. The van der Waals surface area contributed by atoms with Gasteiger partial charge < -0.3 is 10.1 Å². The number of nitrogens with zero attached hydrogens (tertiary/aromatic N) is 1. The maximum Gasteiger partial charge on any atom is 0.242 e. The predicted molar refractivity (Wildman–Crippen MR) is 90.0 cm³/mol. The molecule has 1 aliphatic rings. The Labute approximate surface area is 137 Å². The lowest BCUT2D eigenvalue weighted by molar-refractivity contribution is -0.119. The van der Waals surface area contributed by atoms with E-state index < -0.39 is 16.1 Å². The molecule has 0 bridgehead atoms. The van der Waals surface area contributed by atoms with Crippen molar-refractivity contribution in [3.8, 4) is 5.75 Å². The molecule has 1 N–H and O–H groups in total. The van der Waals surface area contributed by atoms with E-state index in [0.29, 0.717) is 38.1 Å². The first-order valence-electron chi connectivity index (χ1n) is 8.01. The number of ether oxygens (including phenoxy) is 1. The Morgan fingerprint density at radius 3 is 2.61 bits per heavy atom. The minimum absolute atomic E-state index is 0.0832. The van der Waals surface area contributed by atoms with Crippen LogP contribution >= 0.6 is 0 Å². The van der Waals surface area contributed by atoms with Gasteiger partial charge in [0.15, 0.2) is 0 Å². The molecular formula is C16H24N2O4S. The second-order valence-electron chi connectivity index (χ2n) is 5.53. The molecule has 1 aromatic rings. The number of hydrogen-bond donors (Lipinski definition) is 1. The molecule has 7 heteroatoms. The van der Waals surface area contributed by atoms with E-state index in [1.165, 1.54) is 4.31 Å². The molecule has 0 aromatic heterocycles. The lowest BCUT2D eigenvalue weighted by Gasteiger charge is -2.23. The fourth-order valence-electron chi connectivity index (χ4n) is 2.74. The average molecular weight is 340 g/mol. The second-order valence-corrected chi connectivity index (χ2v) is 7.57. The fraction of sp³-hybridized carbons (Fsp3) is 0.562. The van der Waals surface area contributed by atoms with Crippen molar-refractivity contribution >= 4 is 21.6 Å². The number of nitrogens with one attached hydrogen (secondary N) is 1. The van der Waals surface area contributed by atoms with Crippen LogP contribution in [0, 0.1) is 0 Å². The summed E-state index contributed by atoms with van der Waals surface area (Å²) in [7, 11) is -3.36. The van der Waals surface area contributed by atoms with Crippen molar-refractivity contribution in [1.82, 2.24) is 4.31 Å². The Kier molecular flexibility index (Phi) is 6.01. The summed E-state index contributed by atoms with van der Waals surface area (Å²) in [5, 5.41) is 2.80. The van der Waals surface area contributed by atoms with Crippen molar-refractivity contribution in [3.63, 3.8) is 0 Å². The molecule has 1 fully saturated rings. The number of carbonyl (C=O) groups is 1. The van der Waals surface area contributed by atoms with Crippen molar-refractivity contribution in [1.29, 1.82) is 0 Å². The third-order valence-electron chi connectivity index (χ3n) is 3.76. The molecule has 0 saturated carbocycles. The Morgan fingerprint density at radius 2 is 2.00 bits per heavy atom. The highest BCUT2D eigenvalue weighted by molar-refractivity contribution is 7.89. The molecule has 1 atom stereocenters. The molecule has 1 heterocycles. The van der Waals surface area contributed by atoms with Crippen LogP contribution in [-0.4, -0.2) is 43.6 Å².